The van der Waals surface area contributed by atoms with E-state index in [-0.39, 0.29) is 11.8 Å². The quantitative estimate of drug-likeness (QED) is 0.773. The topological polar surface area (TPSA) is 97.7 Å². The van der Waals surface area contributed by atoms with Crippen molar-refractivity contribution in [3.8, 4) is 17.1 Å². The number of carbonyl (C=O) groups excluding carboxylic acids is 1. The molecule has 0 saturated carbocycles. The van der Waals surface area contributed by atoms with Gasteiger partial charge >= 0.3 is 0 Å². The number of aromatic nitrogens is 2. The third-order valence-corrected chi connectivity index (χ3v) is 5.40. The molecule has 0 radical (unpaired) electrons. The zero-order chi connectivity index (χ0) is 20.1. The van der Waals surface area contributed by atoms with Crippen molar-refractivity contribution in [2.45, 2.75) is 32.9 Å². The number of ether oxygens (including phenoxy) is 1. The normalized spacial score (nSPS) is 17.4. The molecule has 1 aliphatic rings. The Morgan fingerprint density at radius 1 is 1.25 bits per heavy atom. The summed E-state index contributed by atoms with van der Waals surface area (Å²) in [7, 11) is 1.63. The van der Waals surface area contributed by atoms with E-state index in [9.17, 15) is 4.79 Å². The second kappa shape index (κ2) is 9.16. The van der Waals surface area contributed by atoms with Gasteiger partial charge in [0, 0.05) is 31.7 Å². The molecule has 1 aromatic heterocycles. The summed E-state index contributed by atoms with van der Waals surface area (Å²) in [6, 6.07) is 7.12. The molecular weight excluding hydrogens is 358 g/mol. The molecular formula is C20H29N5O3. The van der Waals surface area contributed by atoms with Gasteiger partial charge in [0.15, 0.2) is 0 Å². The van der Waals surface area contributed by atoms with Crippen LogP contribution in [0.25, 0.3) is 11.4 Å². The van der Waals surface area contributed by atoms with E-state index in [1.54, 1.807) is 7.11 Å². The zero-order valence-electron chi connectivity index (χ0n) is 16.8. The first-order valence-electron chi connectivity index (χ1n) is 9.75. The molecule has 1 saturated heterocycles. The number of hydrogen-bond acceptors (Lipinski definition) is 7. The fourth-order valence-corrected chi connectivity index (χ4v) is 3.20. The predicted molar refractivity (Wildman–Crippen MR) is 106 cm³/mol. The lowest BCUT2D eigenvalue weighted by atomic mass is 9.98. The fraction of sp³-hybridized carbons (Fsp3) is 0.550. The van der Waals surface area contributed by atoms with Gasteiger partial charge in [0.1, 0.15) is 5.75 Å². The van der Waals surface area contributed by atoms with Crippen LogP contribution in [0.15, 0.2) is 28.8 Å². The van der Waals surface area contributed by atoms with Crippen molar-refractivity contribution < 1.29 is 14.1 Å². The number of rotatable bonds is 7. The highest BCUT2D eigenvalue weighted by atomic mass is 16.5. The Bertz CT molecular complexity index is 768. The summed E-state index contributed by atoms with van der Waals surface area (Å²) in [5, 5.41) is 4.07. The van der Waals surface area contributed by atoms with Gasteiger partial charge in [-0.3, -0.25) is 9.69 Å². The van der Waals surface area contributed by atoms with Crippen molar-refractivity contribution in [3.63, 3.8) is 0 Å². The Labute approximate surface area is 165 Å². The maximum absolute atomic E-state index is 12.5. The SMILES string of the molecule is CCC(C)C(N)C(=O)N1CCN(Cc2nc(-c3ccc(OC)cc3)no2)CC1. The first-order valence-corrected chi connectivity index (χ1v) is 9.75. The highest BCUT2D eigenvalue weighted by molar-refractivity contribution is 5.82. The fourth-order valence-electron chi connectivity index (χ4n) is 3.20. The van der Waals surface area contributed by atoms with Gasteiger partial charge in [-0.25, -0.2) is 0 Å². The number of nitrogens with two attached hydrogens (primary N) is 1. The van der Waals surface area contributed by atoms with Gasteiger partial charge in [0.25, 0.3) is 0 Å². The van der Waals surface area contributed by atoms with E-state index in [2.05, 4.69) is 22.0 Å². The number of carbonyl (C=O) groups is 1. The van der Waals surface area contributed by atoms with Crippen molar-refractivity contribution in [1.29, 1.82) is 0 Å². The standard InChI is InChI=1S/C20H29N5O3/c1-4-14(2)18(21)20(26)25-11-9-24(10-12-25)13-17-22-19(23-28-17)15-5-7-16(27-3)8-6-15/h5-8,14,18H,4,9-13,21H2,1-3H3. The molecule has 1 aliphatic heterocycles. The minimum Gasteiger partial charge on any atom is -0.497 e. The molecule has 3 rings (SSSR count). The van der Waals surface area contributed by atoms with Crippen LogP contribution in [0.1, 0.15) is 26.2 Å². The minimum atomic E-state index is -0.417. The summed E-state index contributed by atoms with van der Waals surface area (Å²) in [4.78, 5) is 21.1. The monoisotopic (exact) mass is 387 g/mol. The molecule has 2 heterocycles. The van der Waals surface area contributed by atoms with Crippen LogP contribution < -0.4 is 10.5 Å². The van der Waals surface area contributed by atoms with Crippen molar-refractivity contribution >= 4 is 5.91 Å². The summed E-state index contributed by atoms with van der Waals surface area (Å²) in [5.74, 6) is 2.16. The van der Waals surface area contributed by atoms with E-state index in [1.165, 1.54) is 0 Å². The van der Waals surface area contributed by atoms with Crippen LogP contribution in [0, 0.1) is 5.92 Å². The first-order chi connectivity index (χ1) is 13.5. The van der Waals surface area contributed by atoms with Crippen LogP contribution in [0.2, 0.25) is 0 Å². The van der Waals surface area contributed by atoms with E-state index in [4.69, 9.17) is 15.0 Å². The molecule has 2 N–H and O–H groups in total. The maximum atomic E-state index is 12.5. The van der Waals surface area contributed by atoms with Crippen molar-refractivity contribution in [2.24, 2.45) is 11.7 Å². The summed E-state index contributed by atoms with van der Waals surface area (Å²) >= 11 is 0. The highest BCUT2D eigenvalue weighted by Gasteiger charge is 2.28. The van der Waals surface area contributed by atoms with E-state index < -0.39 is 6.04 Å². The molecule has 8 heteroatoms. The molecule has 2 atom stereocenters. The third kappa shape index (κ3) is 4.69. The average Bonchev–Trinajstić information content (AvgIpc) is 3.21. The molecule has 2 unspecified atom stereocenters. The van der Waals surface area contributed by atoms with Crippen LogP contribution in [-0.2, 0) is 11.3 Å². The van der Waals surface area contributed by atoms with Crippen molar-refractivity contribution in [1.82, 2.24) is 19.9 Å². The number of methoxy groups -OCH3 is 1. The van der Waals surface area contributed by atoms with E-state index in [1.807, 2.05) is 36.1 Å². The number of hydrogen-bond donors (Lipinski definition) is 1. The van der Waals surface area contributed by atoms with Crippen LogP contribution in [0.3, 0.4) is 0 Å². The van der Waals surface area contributed by atoms with Crippen molar-refractivity contribution in [2.75, 3.05) is 33.3 Å². The van der Waals surface area contributed by atoms with Gasteiger partial charge in [-0.15, -0.1) is 0 Å². The minimum absolute atomic E-state index is 0.0496. The number of amides is 1. The Balaban J connectivity index is 1.52. The molecule has 1 aromatic carbocycles. The summed E-state index contributed by atoms with van der Waals surface area (Å²) in [6.07, 6.45) is 0.903. The van der Waals surface area contributed by atoms with Gasteiger partial charge in [-0.1, -0.05) is 25.4 Å². The van der Waals surface area contributed by atoms with Crippen LogP contribution >= 0.6 is 0 Å². The lowest BCUT2D eigenvalue weighted by Crippen LogP contribution is -2.54. The molecule has 0 aliphatic carbocycles. The molecule has 0 spiro atoms. The van der Waals surface area contributed by atoms with Gasteiger partial charge in [0.05, 0.1) is 19.7 Å². The zero-order valence-corrected chi connectivity index (χ0v) is 16.8. The average molecular weight is 387 g/mol. The molecule has 152 valence electrons. The summed E-state index contributed by atoms with van der Waals surface area (Å²) < 4.78 is 10.6. The van der Waals surface area contributed by atoms with E-state index in [0.717, 1.165) is 30.8 Å². The van der Waals surface area contributed by atoms with Gasteiger partial charge in [-0.2, -0.15) is 4.98 Å². The molecule has 2 aromatic rings. The molecule has 1 fully saturated rings. The molecule has 28 heavy (non-hydrogen) atoms. The second-order valence-corrected chi connectivity index (χ2v) is 7.25. The molecule has 8 nitrogen and oxygen atoms in total. The number of benzene rings is 1. The lowest BCUT2D eigenvalue weighted by molar-refractivity contribution is -0.135. The van der Waals surface area contributed by atoms with Crippen LogP contribution in [-0.4, -0.2) is 65.2 Å². The predicted octanol–water partition coefficient (Wildman–Crippen LogP) is 1.76. The van der Waals surface area contributed by atoms with Crippen molar-refractivity contribution in [3.05, 3.63) is 30.2 Å². The highest BCUT2D eigenvalue weighted by Crippen LogP contribution is 2.20. The smallest absolute Gasteiger partial charge is 0.241 e. The number of nitrogens with zero attached hydrogens (tertiary/aromatic N) is 4. The third-order valence-electron chi connectivity index (χ3n) is 5.40. The van der Waals surface area contributed by atoms with Gasteiger partial charge < -0.3 is 19.9 Å². The summed E-state index contributed by atoms with van der Waals surface area (Å²) in [5.41, 5.74) is 6.97. The van der Waals surface area contributed by atoms with Crippen LogP contribution in [0.4, 0.5) is 0 Å². The largest absolute Gasteiger partial charge is 0.497 e. The maximum Gasteiger partial charge on any atom is 0.241 e. The van der Waals surface area contributed by atoms with Crippen LogP contribution in [0.5, 0.6) is 5.75 Å². The van der Waals surface area contributed by atoms with E-state index in [0.29, 0.717) is 31.3 Å². The van der Waals surface area contributed by atoms with Gasteiger partial charge in [0.2, 0.25) is 17.6 Å². The number of piperazine rings is 1. The molecule has 1 amide bonds. The Kier molecular flexibility index (Phi) is 6.64. The second-order valence-electron chi connectivity index (χ2n) is 7.25. The Morgan fingerprint density at radius 3 is 2.54 bits per heavy atom. The van der Waals surface area contributed by atoms with E-state index >= 15 is 0 Å². The van der Waals surface area contributed by atoms with Gasteiger partial charge in [-0.05, 0) is 30.2 Å². The Hall–Kier alpha value is -2.45. The Morgan fingerprint density at radius 2 is 1.93 bits per heavy atom. The first kappa shape index (κ1) is 20.3. The summed E-state index contributed by atoms with van der Waals surface area (Å²) in [6.45, 7) is 7.51. The lowest BCUT2D eigenvalue weighted by Gasteiger charge is -2.36. The molecule has 0 bridgehead atoms.